The van der Waals surface area contributed by atoms with Crippen molar-refractivity contribution in [2.24, 2.45) is 0 Å². The Labute approximate surface area is 218 Å². The molecule has 0 aliphatic carbocycles. The van der Waals surface area contributed by atoms with Crippen LogP contribution in [0.5, 0.6) is 0 Å². The van der Waals surface area contributed by atoms with Crippen molar-refractivity contribution in [2.45, 2.75) is 59.7 Å². The number of hydrogen-bond donors (Lipinski definition) is 1. The molecule has 10 heteroatoms. The predicted octanol–water partition coefficient (Wildman–Crippen LogP) is 4.71. The predicted molar refractivity (Wildman–Crippen MR) is 142 cm³/mol. The Balaban J connectivity index is 2.45. The summed E-state index contributed by atoms with van der Waals surface area (Å²) in [6, 6.07) is 9.31. The molecule has 0 aliphatic rings. The topological polar surface area (TPSA) is 86.8 Å². The summed E-state index contributed by atoms with van der Waals surface area (Å²) in [7, 11) is -3.79. The number of benzene rings is 2. The van der Waals surface area contributed by atoms with E-state index in [1.54, 1.807) is 37.3 Å². The molecular weight excluding hydrogens is 509 g/mol. The van der Waals surface area contributed by atoms with Gasteiger partial charge in [-0.15, -0.1) is 0 Å². The number of carbonyl (C=O) groups excluding carboxylic acids is 2. The number of halogens is 2. The number of amides is 2. The number of sulfonamides is 1. The van der Waals surface area contributed by atoms with Gasteiger partial charge in [-0.2, -0.15) is 0 Å². The zero-order chi connectivity index (χ0) is 26.5. The van der Waals surface area contributed by atoms with E-state index < -0.39 is 28.5 Å². The highest BCUT2D eigenvalue weighted by Crippen LogP contribution is 2.26. The van der Waals surface area contributed by atoms with Crippen LogP contribution >= 0.6 is 23.2 Å². The molecule has 0 spiro atoms. The number of hydrogen-bond acceptors (Lipinski definition) is 4. The van der Waals surface area contributed by atoms with Crippen molar-refractivity contribution in [3.8, 4) is 0 Å². The molecule has 1 N–H and O–H groups in total. The first-order valence-electron chi connectivity index (χ1n) is 11.3. The lowest BCUT2D eigenvalue weighted by Crippen LogP contribution is -2.52. The standard InChI is InChI=1S/C25H33Cl2N3O4S/c1-7-17(3)28-25(32)19(5)29(14-20-11-12-21(26)22(27)13-20)24(31)15-30(35(6,33)34)23-10-8-9-16(2)18(23)4/h8-13,17,19H,7,14-15H2,1-6H3,(H,28,32)/t17-,19-/m1/s1. The van der Waals surface area contributed by atoms with Crippen molar-refractivity contribution in [3.63, 3.8) is 0 Å². The van der Waals surface area contributed by atoms with Crippen LogP contribution in [0, 0.1) is 13.8 Å². The Morgan fingerprint density at radius 1 is 1.06 bits per heavy atom. The molecule has 2 amide bonds. The summed E-state index contributed by atoms with van der Waals surface area (Å²) in [6.45, 7) is 8.72. The lowest BCUT2D eigenvalue weighted by molar-refractivity contribution is -0.139. The molecule has 0 heterocycles. The van der Waals surface area contributed by atoms with Gasteiger partial charge in [-0.1, -0.05) is 48.3 Å². The quantitative estimate of drug-likeness (QED) is 0.471. The normalized spacial score (nSPS) is 13.1. The second-order valence-electron chi connectivity index (χ2n) is 8.75. The smallest absolute Gasteiger partial charge is 0.244 e. The average Bonchev–Trinajstić information content (AvgIpc) is 2.78. The highest BCUT2D eigenvalue weighted by atomic mass is 35.5. The van der Waals surface area contributed by atoms with Crippen molar-refractivity contribution in [3.05, 3.63) is 63.1 Å². The molecule has 2 aromatic rings. The molecule has 0 saturated carbocycles. The van der Waals surface area contributed by atoms with Crippen molar-refractivity contribution in [2.75, 3.05) is 17.1 Å². The van der Waals surface area contributed by atoms with Gasteiger partial charge < -0.3 is 10.2 Å². The minimum Gasteiger partial charge on any atom is -0.352 e. The van der Waals surface area contributed by atoms with Crippen LogP contribution in [0.4, 0.5) is 5.69 Å². The summed E-state index contributed by atoms with van der Waals surface area (Å²) in [5.74, 6) is -0.848. The number of nitrogens with one attached hydrogen (secondary N) is 1. The first kappa shape index (κ1) is 28.9. The monoisotopic (exact) mass is 541 g/mol. The Morgan fingerprint density at radius 2 is 1.71 bits per heavy atom. The molecule has 0 aromatic heterocycles. The third-order valence-corrected chi connectivity index (χ3v) is 7.89. The van der Waals surface area contributed by atoms with Crippen LogP contribution in [-0.4, -0.2) is 50.0 Å². The Hall–Kier alpha value is -2.29. The van der Waals surface area contributed by atoms with E-state index in [0.717, 1.165) is 28.1 Å². The van der Waals surface area contributed by atoms with Gasteiger partial charge in [0.2, 0.25) is 21.8 Å². The lowest BCUT2D eigenvalue weighted by Gasteiger charge is -2.32. The van der Waals surface area contributed by atoms with E-state index in [-0.39, 0.29) is 18.5 Å². The molecular formula is C25H33Cl2N3O4S. The van der Waals surface area contributed by atoms with Crippen molar-refractivity contribution in [1.82, 2.24) is 10.2 Å². The highest BCUT2D eigenvalue weighted by Gasteiger charge is 2.31. The maximum atomic E-state index is 13.6. The Kier molecular flexibility index (Phi) is 10.0. The second kappa shape index (κ2) is 12.1. The van der Waals surface area contributed by atoms with Crippen LogP contribution in [0.15, 0.2) is 36.4 Å². The molecule has 0 saturated heterocycles. The van der Waals surface area contributed by atoms with Crippen LogP contribution in [0.1, 0.15) is 43.9 Å². The van der Waals surface area contributed by atoms with E-state index >= 15 is 0 Å². The minimum atomic E-state index is -3.79. The molecule has 0 radical (unpaired) electrons. The summed E-state index contributed by atoms with van der Waals surface area (Å²) >= 11 is 12.2. The van der Waals surface area contributed by atoms with Crippen molar-refractivity contribution in [1.29, 1.82) is 0 Å². The summed E-state index contributed by atoms with van der Waals surface area (Å²) in [5, 5.41) is 3.58. The Bertz CT molecular complexity index is 1190. The van der Waals surface area contributed by atoms with Crippen LogP contribution < -0.4 is 9.62 Å². The SMILES string of the molecule is CC[C@@H](C)NC(=O)[C@@H](C)N(Cc1ccc(Cl)c(Cl)c1)C(=O)CN(c1cccc(C)c1C)S(C)(=O)=O. The minimum absolute atomic E-state index is 0.0508. The summed E-state index contributed by atoms with van der Waals surface area (Å²) in [5.41, 5.74) is 2.74. The van der Waals surface area contributed by atoms with E-state index in [9.17, 15) is 18.0 Å². The number of aryl methyl sites for hydroxylation is 1. The van der Waals surface area contributed by atoms with Crippen LogP contribution in [0.25, 0.3) is 0 Å². The maximum absolute atomic E-state index is 13.6. The Morgan fingerprint density at radius 3 is 2.29 bits per heavy atom. The summed E-state index contributed by atoms with van der Waals surface area (Å²) in [4.78, 5) is 27.9. The van der Waals surface area contributed by atoms with Crippen LogP contribution in [0.2, 0.25) is 10.0 Å². The van der Waals surface area contributed by atoms with E-state index in [4.69, 9.17) is 23.2 Å². The van der Waals surface area contributed by atoms with Gasteiger partial charge in [0.1, 0.15) is 12.6 Å². The zero-order valence-electron chi connectivity index (χ0n) is 20.9. The fraction of sp³-hybridized carbons (Fsp3) is 0.440. The van der Waals surface area contributed by atoms with Gasteiger partial charge in [-0.05, 0) is 69.0 Å². The molecule has 0 aliphatic heterocycles. The third kappa shape index (κ3) is 7.59. The van der Waals surface area contributed by atoms with Gasteiger partial charge in [0.05, 0.1) is 22.0 Å². The van der Waals surface area contributed by atoms with Gasteiger partial charge in [0, 0.05) is 12.6 Å². The van der Waals surface area contributed by atoms with Crippen molar-refractivity contribution < 1.29 is 18.0 Å². The van der Waals surface area contributed by atoms with E-state index in [1.165, 1.54) is 4.90 Å². The number of anilines is 1. The molecule has 192 valence electrons. The molecule has 0 unspecified atom stereocenters. The summed E-state index contributed by atoms with van der Waals surface area (Å²) in [6.07, 6.45) is 1.79. The van der Waals surface area contributed by atoms with Crippen LogP contribution in [0.3, 0.4) is 0 Å². The van der Waals surface area contributed by atoms with Gasteiger partial charge in [0.25, 0.3) is 0 Å². The number of rotatable bonds is 10. The first-order chi connectivity index (χ1) is 16.3. The molecule has 35 heavy (non-hydrogen) atoms. The van der Waals surface area contributed by atoms with Gasteiger partial charge in [-0.25, -0.2) is 8.42 Å². The first-order valence-corrected chi connectivity index (χ1v) is 13.9. The van der Waals surface area contributed by atoms with E-state index in [2.05, 4.69) is 5.32 Å². The third-order valence-electron chi connectivity index (χ3n) is 6.03. The molecule has 0 fully saturated rings. The number of nitrogens with zero attached hydrogens (tertiary/aromatic N) is 2. The molecule has 0 bridgehead atoms. The van der Waals surface area contributed by atoms with Gasteiger partial charge in [0.15, 0.2) is 0 Å². The number of carbonyl (C=O) groups is 2. The fourth-order valence-corrected chi connectivity index (χ4v) is 4.70. The second-order valence-corrected chi connectivity index (χ2v) is 11.5. The highest BCUT2D eigenvalue weighted by molar-refractivity contribution is 7.92. The van der Waals surface area contributed by atoms with Gasteiger partial charge in [-0.3, -0.25) is 13.9 Å². The molecule has 2 rings (SSSR count). The molecule has 7 nitrogen and oxygen atoms in total. The van der Waals surface area contributed by atoms with E-state index in [0.29, 0.717) is 21.3 Å². The molecule has 2 aromatic carbocycles. The molecule has 2 atom stereocenters. The van der Waals surface area contributed by atoms with Gasteiger partial charge >= 0.3 is 0 Å². The van der Waals surface area contributed by atoms with E-state index in [1.807, 2.05) is 33.8 Å². The summed E-state index contributed by atoms with van der Waals surface area (Å²) < 4.78 is 26.5. The average molecular weight is 543 g/mol. The fourth-order valence-electron chi connectivity index (χ4n) is 3.48. The largest absolute Gasteiger partial charge is 0.352 e. The maximum Gasteiger partial charge on any atom is 0.244 e. The zero-order valence-corrected chi connectivity index (χ0v) is 23.3. The van der Waals surface area contributed by atoms with Crippen LogP contribution in [-0.2, 0) is 26.2 Å². The van der Waals surface area contributed by atoms with Crippen molar-refractivity contribution >= 4 is 50.7 Å². The lowest BCUT2D eigenvalue weighted by atomic mass is 10.1.